The molecule has 1 N–H and O–H groups in total. The van der Waals surface area contributed by atoms with E-state index in [2.05, 4.69) is 20.8 Å². The van der Waals surface area contributed by atoms with Gasteiger partial charge in [-0.1, -0.05) is 39.0 Å². The van der Waals surface area contributed by atoms with Crippen LogP contribution in [0.3, 0.4) is 0 Å². The first-order valence-corrected chi connectivity index (χ1v) is 6.28. The Bertz CT molecular complexity index is 588. The van der Waals surface area contributed by atoms with E-state index in [1.54, 1.807) is 12.1 Å². The molecule has 0 fully saturated rings. The van der Waals surface area contributed by atoms with E-state index in [0.29, 0.717) is 12.0 Å². The Morgan fingerprint density at radius 2 is 1.84 bits per heavy atom. The van der Waals surface area contributed by atoms with Gasteiger partial charge in [-0.3, -0.25) is 0 Å². The molecule has 0 unspecified atom stereocenters. The van der Waals surface area contributed by atoms with Crippen LogP contribution in [0.2, 0.25) is 0 Å². The number of carbonyl (C=O) groups is 1. The van der Waals surface area contributed by atoms with Gasteiger partial charge in [0.15, 0.2) is 0 Å². The highest BCUT2D eigenvalue weighted by Crippen LogP contribution is 2.25. The van der Waals surface area contributed by atoms with Gasteiger partial charge in [-0.05, 0) is 23.8 Å². The van der Waals surface area contributed by atoms with E-state index >= 15 is 0 Å². The van der Waals surface area contributed by atoms with E-state index in [1.165, 1.54) is 0 Å². The summed E-state index contributed by atoms with van der Waals surface area (Å²) in [6, 6.07) is 10.9. The molecule has 1 aromatic heterocycles. The summed E-state index contributed by atoms with van der Waals surface area (Å²) in [6.45, 7) is 6.25. The van der Waals surface area contributed by atoms with Gasteiger partial charge in [0.1, 0.15) is 11.5 Å². The lowest BCUT2D eigenvalue weighted by Gasteiger charge is -2.14. The number of carboxylic acid groups (broad SMARTS) is 1. The fraction of sp³-hybridized carbons (Fsp3) is 0.312. The molecular weight excluding hydrogens is 240 g/mol. The molecule has 0 amide bonds. The molecule has 0 atom stereocenters. The van der Waals surface area contributed by atoms with Gasteiger partial charge in [-0.15, -0.1) is 0 Å². The highest BCUT2D eigenvalue weighted by atomic mass is 16.4. The van der Waals surface area contributed by atoms with Crippen LogP contribution < -0.4 is 0 Å². The number of carboxylic acids is 1. The topological polar surface area (TPSA) is 50.4 Å². The van der Waals surface area contributed by atoms with Crippen molar-refractivity contribution in [1.82, 2.24) is 0 Å². The second-order valence-corrected chi connectivity index (χ2v) is 5.66. The zero-order valence-corrected chi connectivity index (χ0v) is 11.4. The molecule has 0 aliphatic rings. The fourth-order valence-electron chi connectivity index (χ4n) is 1.95. The number of hydrogen-bond donors (Lipinski definition) is 1. The Labute approximate surface area is 112 Å². The number of aromatic carboxylic acids is 1. The Balaban J connectivity index is 2.27. The summed E-state index contributed by atoms with van der Waals surface area (Å²) < 4.78 is 5.79. The first-order chi connectivity index (χ1) is 8.88. The van der Waals surface area contributed by atoms with Crippen LogP contribution in [0.5, 0.6) is 0 Å². The number of furan rings is 1. The van der Waals surface area contributed by atoms with Crippen LogP contribution in [0.4, 0.5) is 0 Å². The summed E-state index contributed by atoms with van der Waals surface area (Å²) in [6.07, 6.45) is 0.499. The van der Waals surface area contributed by atoms with Crippen LogP contribution in [0.25, 0.3) is 0 Å². The van der Waals surface area contributed by atoms with Gasteiger partial charge in [0, 0.05) is 11.8 Å². The van der Waals surface area contributed by atoms with E-state index in [0.717, 1.165) is 17.1 Å². The predicted molar refractivity (Wildman–Crippen MR) is 73.6 cm³/mol. The van der Waals surface area contributed by atoms with Crippen molar-refractivity contribution in [3.63, 3.8) is 0 Å². The summed E-state index contributed by atoms with van der Waals surface area (Å²) in [5.74, 6) is 0.798. The van der Waals surface area contributed by atoms with Crippen LogP contribution in [-0.4, -0.2) is 11.1 Å². The second-order valence-electron chi connectivity index (χ2n) is 5.66. The van der Waals surface area contributed by atoms with Crippen molar-refractivity contribution in [3.8, 4) is 0 Å². The highest BCUT2D eigenvalue weighted by molar-refractivity contribution is 5.89. The Hall–Kier alpha value is -2.03. The van der Waals surface area contributed by atoms with Gasteiger partial charge < -0.3 is 9.52 Å². The minimum Gasteiger partial charge on any atom is -0.478 e. The molecule has 3 heteroatoms. The fourth-order valence-corrected chi connectivity index (χ4v) is 1.95. The Kier molecular flexibility index (Phi) is 3.47. The molecule has 19 heavy (non-hydrogen) atoms. The summed E-state index contributed by atoms with van der Waals surface area (Å²) >= 11 is 0. The van der Waals surface area contributed by atoms with Crippen LogP contribution in [0, 0.1) is 0 Å². The number of rotatable bonds is 3. The molecule has 0 saturated carbocycles. The van der Waals surface area contributed by atoms with Crippen LogP contribution in [0.1, 0.15) is 48.2 Å². The van der Waals surface area contributed by atoms with E-state index in [9.17, 15) is 4.79 Å². The molecule has 0 bridgehead atoms. The molecule has 1 heterocycles. The van der Waals surface area contributed by atoms with Crippen molar-refractivity contribution in [3.05, 3.63) is 59.0 Å². The monoisotopic (exact) mass is 258 g/mol. The lowest BCUT2D eigenvalue weighted by Crippen LogP contribution is -2.09. The zero-order chi connectivity index (χ0) is 14.0. The van der Waals surface area contributed by atoms with Gasteiger partial charge in [0.05, 0.1) is 5.56 Å². The molecule has 0 aliphatic carbocycles. The summed E-state index contributed by atoms with van der Waals surface area (Å²) in [4.78, 5) is 11.1. The minimum atomic E-state index is -0.904. The molecule has 0 radical (unpaired) electrons. The molecule has 0 aliphatic heterocycles. The number of benzene rings is 1. The standard InChI is InChI=1S/C16H18O3/c1-16(2,3)14-9-8-12(19-14)10-11-6-4-5-7-13(11)15(17)18/h4-9H,10H2,1-3H3,(H,17,18). The first-order valence-electron chi connectivity index (χ1n) is 6.28. The second kappa shape index (κ2) is 4.92. The van der Waals surface area contributed by atoms with Gasteiger partial charge in [-0.2, -0.15) is 0 Å². The highest BCUT2D eigenvalue weighted by Gasteiger charge is 2.19. The predicted octanol–water partition coefficient (Wildman–Crippen LogP) is 3.87. The summed E-state index contributed by atoms with van der Waals surface area (Å²) in [7, 11) is 0. The maximum atomic E-state index is 11.1. The van der Waals surface area contributed by atoms with Crippen molar-refractivity contribution in [2.45, 2.75) is 32.6 Å². The zero-order valence-electron chi connectivity index (χ0n) is 11.4. The first kappa shape index (κ1) is 13.4. The number of hydrogen-bond acceptors (Lipinski definition) is 2. The smallest absolute Gasteiger partial charge is 0.335 e. The van der Waals surface area contributed by atoms with Gasteiger partial charge >= 0.3 is 5.97 Å². The maximum absolute atomic E-state index is 11.1. The normalized spacial score (nSPS) is 11.5. The molecule has 2 rings (SSSR count). The van der Waals surface area contributed by atoms with E-state index in [-0.39, 0.29) is 5.41 Å². The van der Waals surface area contributed by atoms with Crippen molar-refractivity contribution in [2.75, 3.05) is 0 Å². The van der Waals surface area contributed by atoms with Gasteiger partial charge in [0.2, 0.25) is 0 Å². The van der Waals surface area contributed by atoms with Crippen molar-refractivity contribution < 1.29 is 14.3 Å². The molecular formula is C16H18O3. The van der Waals surface area contributed by atoms with Gasteiger partial charge in [-0.25, -0.2) is 4.79 Å². The molecule has 2 aromatic rings. The van der Waals surface area contributed by atoms with Crippen LogP contribution in [-0.2, 0) is 11.8 Å². The van der Waals surface area contributed by atoms with Gasteiger partial charge in [0.25, 0.3) is 0 Å². The third-order valence-electron chi connectivity index (χ3n) is 3.01. The molecule has 3 nitrogen and oxygen atoms in total. The SMILES string of the molecule is CC(C)(C)c1ccc(Cc2ccccc2C(=O)O)o1. The average molecular weight is 258 g/mol. The minimum absolute atomic E-state index is 0.0371. The third-order valence-corrected chi connectivity index (χ3v) is 3.01. The van der Waals surface area contributed by atoms with Crippen LogP contribution in [0.15, 0.2) is 40.8 Å². The average Bonchev–Trinajstić information content (AvgIpc) is 2.77. The van der Waals surface area contributed by atoms with Crippen molar-refractivity contribution >= 4 is 5.97 Å². The Morgan fingerprint density at radius 1 is 1.16 bits per heavy atom. The lowest BCUT2D eigenvalue weighted by atomic mass is 9.94. The van der Waals surface area contributed by atoms with Crippen LogP contribution >= 0.6 is 0 Å². The molecule has 100 valence electrons. The molecule has 0 spiro atoms. The lowest BCUT2D eigenvalue weighted by molar-refractivity contribution is 0.0696. The third kappa shape index (κ3) is 3.05. The van der Waals surface area contributed by atoms with Crippen molar-refractivity contribution in [1.29, 1.82) is 0 Å². The summed E-state index contributed by atoms with van der Waals surface area (Å²) in [5.41, 5.74) is 1.06. The van der Waals surface area contributed by atoms with Crippen molar-refractivity contribution in [2.24, 2.45) is 0 Å². The quantitative estimate of drug-likeness (QED) is 0.909. The van der Waals surface area contributed by atoms with E-state index < -0.39 is 5.97 Å². The van der Waals surface area contributed by atoms with E-state index in [4.69, 9.17) is 9.52 Å². The Morgan fingerprint density at radius 3 is 2.42 bits per heavy atom. The van der Waals surface area contributed by atoms with E-state index in [1.807, 2.05) is 24.3 Å². The molecule has 0 saturated heterocycles. The maximum Gasteiger partial charge on any atom is 0.335 e. The largest absolute Gasteiger partial charge is 0.478 e. The molecule has 1 aromatic carbocycles. The summed E-state index contributed by atoms with van der Waals surface area (Å²) in [5, 5.41) is 9.15.